The third kappa shape index (κ3) is 5.70. The van der Waals surface area contributed by atoms with Gasteiger partial charge in [0.15, 0.2) is 5.03 Å². The standard InChI is InChI=1S/C12H22N2O4S2/c1-2-3-4-5-6-10-20(17,18)13-8-7-9-19-12(13)11-14(15)16/h11H,2-10H2,1H3/b12-11-. The van der Waals surface area contributed by atoms with Gasteiger partial charge in [0.2, 0.25) is 10.0 Å². The number of rotatable bonds is 8. The van der Waals surface area contributed by atoms with Crippen LogP contribution in [0.15, 0.2) is 11.2 Å². The molecule has 0 aromatic heterocycles. The van der Waals surface area contributed by atoms with Crippen LogP contribution in [0.25, 0.3) is 0 Å². The first kappa shape index (κ1) is 17.3. The summed E-state index contributed by atoms with van der Waals surface area (Å²) in [5, 5.41) is 10.8. The fourth-order valence-electron chi connectivity index (χ4n) is 2.03. The Kier molecular flexibility index (Phi) is 7.36. The lowest BCUT2D eigenvalue weighted by Gasteiger charge is -2.28. The van der Waals surface area contributed by atoms with Crippen LogP contribution < -0.4 is 0 Å². The molecule has 0 spiro atoms. The van der Waals surface area contributed by atoms with E-state index in [-0.39, 0.29) is 10.8 Å². The average Bonchev–Trinajstić information content (AvgIpc) is 2.38. The Balaban J connectivity index is 2.61. The van der Waals surface area contributed by atoms with Crippen molar-refractivity contribution in [2.75, 3.05) is 18.1 Å². The third-order valence-electron chi connectivity index (χ3n) is 3.06. The number of hydrogen-bond donors (Lipinski definition) is 0. The highest BCUT2D eigenvalue weighted by Gasteiger charge is 2.29. The Morgan fingerprint density at radius 3 is 2.70 bits per heavy atom. The molecule has 1 heterocycles. The van der Waals surface area contributed by atoms with E-state index in [9.17, 15) is 18.5 Å². The van der Waals surface area contributed by atoms with Gasteiger partial charge in [-0.1, -0.05) is 32.6 Å². The van der Waals surface area contributed by atoms with Crippen LogP contribution in [0.5, 0.6) is 0 Å². The molecule has 116 valence electrons. The molecule has 6 nitrogen and oxygen atoms in total. The van der Waals surface area contributed by atoms with E-state index in [1.54, 1.807) is 0 Å². The van der Waals surface area contributed by atoms with E-state index in [4.69, 9.17) is 0 Å². The summed E-state index contributed by atoms with van der Waals surface area (Å²) in [5.41, 5.74) is 0. The second kappa shape index (κ2) is 8.51. The van der Waals surface area contributed by atoms with Gasteiger partial charge in [-0.25, -0.2) is 8.42 Å². The lowest BCUT2D eigenvalue weighted by molar-refractivity contribution is -0.403. The fraction of sp³-hybridized carbons (Fsp3) is 0.833. The van der Waals surface area contributed by atoms with E-state index in [1.807, 2.05) is 0 Å². The van der Waals surface area contributed by atoms with Crippen molar-refractivity contribution < 1.29 is 13.3 Å². The monoisotopic (exact) mass is 322 g/mol. The number of thioether (sulfide) groups is 1. The third-order valence-corrected chi connectivity index (χ3v) is 6.14. The second-order valence-electron chi connectivity index (χ2n) is 4.76. The molecule has 1 rings (SSSR count). The zero-order valence-corrected chi connectivity index (χ0v) is 13.4. The predicted octanol–water partition coefficient (Wildman–Crippen LogP) is 2.80. The van der Waals surface area contributed by atoms with Crippen molar-refractivity contribution in [2.24, 2.45) is 0 Å². The van der Waals surface area contributed by atoms with Crippen LogP contribution in [0.3, 0.4) is 0 Å². The summed E-state index contributed by atoms with van der Waals surface area (Å²) < 4.78 is 25.7. The van der Waals surface area contributed by atoms with Crippen LogP contribution >= 0.6 is 11.8 Å². The molecular formula is C12H22N2O4S2. The maximum absolute atomic E-state index is 12.3. The molecule has 0 aromatic rings. The highest BCUT2D eigenvalue weighted by molar-refractivity contribution is 8.04. The van der Waals surface area contributed by atoms with Gasteiger partial charge in [0.25, 0.3) is 6.20 Å². The van der Waals surface area contributed by atoms with Gasteiger partial charge in [-0.15, -0.1) is 11.8 Å². The van der Waals surface area contributed by atoms with Gasteiger partial charge in [-0.2, -0.15) is 0 Å². The highest BCUT2D eigenvalue weighted by Crippen LogP contribution is 2.29. The van der Waals surface area contributed by atoms with E-state index < -0.39 is 14.9 Å². The molecule has 0 saturated carbocycles. The number of sulfonamides is 1. The number of nitrogens with zero attached hydrogens (tertiary/aromatic N) is 2. The van der Waals surface area contributed by atoms with Gasteiger partial charge in [0.05, 0.1) is 10.7 Å². The first-order valence-corrected chi connectivity index (χ1v) is 9.55. The van der Waals surface area contributed by atoms with Crippen LogP contribution in [0.1, 0.15) is 45.4 Å². The van der Waals surface area contributed by atoms with E-state index in [0.717, 1.165) is 44.1 Å². The van der Waals surface area contributed by atoms with Crippen molar-refractivity contribution >= 4 is 21.8 Å². The van der Waals surface area contributed by atoms with Crippen molar-refractivity contribution in [3.05, 3.63) is 21.3 Å². The molecule has 0 aromatic carbocycles. The Labute approximate surface area is 124 Å². The predicted molar refractivity (Wildman–Crippen MR) is 81.4 cm³/mol. The largest absolute Gasteiger partial charge is 0.265 e. The number of unbranched alkanes of at least 4 members (excludes halogenated alkanes) is 4. The first-order valence-electron chi connectivity index (χ1n) is 6.96. The fourth-order valence-corrected chi connectivity index (χ4v) is 4.93. The SMILES string of the molecule is CCCCCCCS(=O)(=O)N1CCCS/C1=C\[N+](=O)[O-]. The summed E-state index contributed by atoms with van der Waals surface area (Å²) in [6.45, 7) is 2.46. The van der Waals surface area contributed by atoms with Crippen LogP contribution in [0.2, 0.25) is 0 Å². The Hall–Kier alpha value is -0.760. The van der Waals surface area contributed by atoms with Crippen LogP contribution in [-0.2, 0) is 10.0 Å². The van der Waals surface area contributed by atoms with Gasteiger partial charge >= 0.3 is 0 Å². The molecule has 8 heteroatoms. The van der Waals surface area contributed by atoms with Gasteiger partial charge in [0.1, 0.15) is 0 Å². The quantitative estimate of drug-likeness (QED) is 0.390. The Morgan fingerprint density at radius 1 is 1.35 bits per heavy atom. The second-order valence-corrected chi connectivity index (χ2v) is 7.89. The lowest BCUT2D eigenvalue weighted by Crippen LogP contribution is -2.35. The summed E-state index contributed by atoms with van der Waals surface area (Å²) in [5.74, 6) is 0.800. The minimum atomic E-state index is -3.43. The lowest BCUT2D eigenvalue weighted by atomic mass is 10.2. The Bertz CT molecular complexity index is 448. The minimum absolute atomic E-state index is 0.0757. The summed E-state index contributed by atoms with van der Waals surface area (Å²) in [6.07, 6.45) is 6.32. The van der Waals surface area contributed by atoms with Gasteiger partial charge in [0, 0.05) is 12.3 Å². The van der Waals surface area contributed by atoms with Gasteiger partial charge in [-0.3, -0.25) is 14.4 Å². The Morgan fingerprint density at radius 2 is 2.05 bits per heavy atom. The van der Waals surface area contributed by atoms with E-state index in [0.29, 0.717) is 13.0 Å². The minimum Gasteiger partial charge on any atom is -0.259 e. The molecule has 20 heavy (non-hydrogen) atoms. The van der Waals surface area contributed by atoms with Crippen LogP contribution in [0.4, 0.5) is 0 Å². The van der Waals surface area contributed by atoms with E-state index in [1.165, 1.54) is 16.1 Å². The number of hydrogen-bond acceptors (Lipinski definition) is 5. The molecule has 0 unspecified atom stereocenters. The van der Waals surface area contributed by atoms with Crippen LogP contribution in [0, 0.1) is 10.1 Å². The molecule has 0 amide bonds. The van der Waals surface area contributed by atoms with Crippen LogP contribution in [-0.4, -0.2) is 35.7 Å². The van der Waals surface area contributed by atoms with Gasteiger partial charge in [-0.05, 0) is 12.8 Å². The van der Waals surface area contributed by atoms with E-state index in [2.05, 4.69) is 6.92 Å². The molecular weight excluding hydrogens is 300 g/mol. The molecule has 1 saturated heterocycles. The molecule has 1 aliphatic heterocycles. The molecule has 0 atom stereocenters. The summed E-state index contributed by atoms with van der Waals surface area (Å²) in [4.78, 5) is 9.98. The van der Waals surface area contributed by atoms with Crippen molar-refractivity contribution in [3.63, 3.8) is 0 Å². The molecule has 0 radical (unpaired) electrons. The van der Waals surface area contributed by atoms with Crippen molar-refractivity contribution in [3.8, 4) is 0 Å². The molecule has 0 aliphatic carbocycles. The smallest absolute Gasteiger partial charge is 0.259 e. The first-order chi connectivity index (χ1) is 9.47. The van der Waals surface area contributed by atoms with E-state index >= 15 is 0 Å². The van der Waals surface area contributed by atoms with Gasteiger partial charge < -0.3 is 0 Å². The highest BCUT2D eigenvalue weighted by atomic mass is 32.2. The van der Waals surface area contributed by atoms with Crippen molar-refractivity contribution in [1.82, 2.24) is 4.31 Å². The zero-order chi connectivity index (χ0) is 15.0. The molecule has 0 N–H and O–H groups in total. The van der Waals surface area contributed by atoms with Crippen molar-refractivity contribution in [2.45, 2.75) is 45.4 Å². The molecule has 1 aliphatic rings. The normalized spacial score (nSPS) is 18.4. The maximum Gasteiger partial charge on any atom is 0.265 e. The maximum atomic E-state index is 12.3. The summed E-state index contributed by atoms with van der Waals surface area (Å²) in [7, 11) is -3.43. The zero-order valence-electron chi connectivity index (χ0n) is 11.8. The average molecular weight is 322 g/mol. The summed E-state index contributed by atoms with van der Waals surface area (Å²) >= 11 is 1.24. The summed E-state index contributed by atoms with van der Waals surface area (Å²) in [6, 6.07) is 0. The van der Waals surface area contributed by atoms with Crippen molar-refractivity contribution in [1.29, 1.82) is 0 Å². The molecule has 0 bridgehead atoms. The topological polar surface area (TPSA) is 80.5 Å². The number of nitro groups is 1. The molecule has 1 fully saturated rings.